The van der Waals surface area contributed by atoms with Gasteiger partial charge in [0.2, 0.25) is 11.8 Å². The standard InChI is InChI=1S/C21H31N3O4/c1-15(23-9-5-4-6-10-23)13-22-21(26)16-11-20(25)24(14-16)17-7-8-18(27-2)19(12-17)28-3/h7-8,12,15-16H,4-6,9-11,13-14H2,1-3H3,(H,22,26). The Morgan fingerprint density at radius 2 is 1.89 bits per heavy atom. The molecular formula is C21H31N3O4. The average molecular weight is 389 g/mol. The van der Waals surface area contributed by atoms with Crippen molar-refractivity contribution in [1.82, 2.24) is 10.2 Å². The van der Waals surface area contributed by atoms with E-state index in [1.54, 1.807) is 31.3 Å². The van der Waals surface area contributed by atoms with E-state index in [9.17, 15) is 9.59 Å². The SMILES string of the molecule is COc1ccc(N2CC(C(=O)NCC(C)N3CCCCC3)CC2=O)cc1OC. The Kier molecular flexibility index (Phi) is 6.78. The summed E-state index contributed by atoms with van der Waals surface area (Å²) < 4.78 is 10.6. The topological polar surface area (TPSA) is 71.1 Å². The molecule has 2 saturated heterocycles. The third kappa shape index (κ3) is 4.58. The van der Waals surface area contributed by atoms with Crippen LogP contribution in [0.2, 0.25) is 0 Å². The molecule has 7 nitrogen and oxygen atoms in total. The molecule has 7 heteroatoms. The second-order valence-electron chi connectivity index (χ2n) is 7.64. The summed E-state index contributed by atoms with van der Waals surface area (Å²) in [5.41, 5.74) is 0.722. The first-order valence-corrected chi connectivity index (χ1v) is 10.1. The zero-order valence-corrected chi connectivity index (χ0v) is 17.1. The molecule has 0 bridgehead atoms. The van der Waals surface area contributed by atoms with Gasteiger partial charge in [-0.05, 0) is 45.0 Å². The van der Waals surface area contributed by atoms with Crippen LogP contribution in [-0.2, 0) is 9.59 Å². The maximum absolute atomic E-state index is 12.6. The van der Waals surface area contributed by atoms with Crippen LogP contribution in [0.5, 0.6) is 11.5 Å². The average Bonchev–Trinajstić information content (AvgIpc) is 3.13. The molecule has 2 heterocycles. The van der Waals surface area contributed by atoms with Gasteiger partial charge in [-0.1, -0.05) is 6.42 Å². The first kappa shape index (κ1) is 20.5. The number of anilines is 1. The molecule has 0 radical (unpaired) electrons. The van der Waals surface area contributed by atoms with Crippen molar-refractivity contribution in [3.8, 4) is 11.5 Å². The number of amides is 2. The van der Waals surface area contributed by atoms with Gasteiger partial charge in [0, 0.05) is 37.3 Å². The molecule has 2 unspecified atom stereocenters. The number of rotatable bonds is 7. The van der Waals surface area contributed by atoms with Gasteiger partial charge in [-0.3, -0.25) is 14.5 Å². The van der Waals surface area contributed by atoms with Gasteiger partial charge in [0.1, 0.15) is 0 Å². The van der Waals surface area contributed by atoms with Crippen LogP contribution in [0.4, 0.5) is 5.69 Å². The highest BCUT2D eigenvalue weighted by molar-refractivity contribution is 6.00. The first-order chi connectivity index (χ1) is 13.5. The van der Waals surface area contributed by atoms with Crippen molar-refractivity contribution in [2.24, 2.45) is 5.92 Å². The summed E-state index contributed by atoms with van der Waals surface area (Å²) in [6, 6.07) is 5.69. The van der Waals surface area contributed by atoms with Crippen LogP contribution in [0.1, 0.15) is 32.6 Å². The maximum atomic E-state index is 12.6. The second kappa shape index (κ2) is 9.28. The van der Waals surface area contributed by atoms with E-state index in [1.165, 1.54) is 19.3 Å². The van der Waals surface area contributed by atoms with Crippen LogP contribution in [0.15, 0.2) is 18.2 Å². The van der Waals surface area contributed by atoms with Gasteiger partial charge in [0.05, 0.1) is 20.1 Å². The number of piperidine rings is 1. The van der Waals surface area contributed by atoms with Crippen molar-refractivity contribution in [2.45, 2.75) is 38.6 Å². The lowest BCUT2D eigenvalue weighted by Gasteiger charge is -2.32. The first-order valence-electron chi connectivity index (χ1n) is 10.1. The van der Waals surface area contributed by atoms with Crippen molar-refractivity contribution in [3.63, 3.8) is 0 Å². The smallest absolute Gasteiger partial charge is 0.227 e. The highest BCUT2D eigenvalue weighted by atomic mass is 16.5. The second-order valence-corrected chi connectivity index (χ2v) is 7.64. The van der Waals surface area contributed by atoms with Crippen molar-refractivity contribution in [3.05, 3.63) is 18.2 Å². The summed E-state index contributed by atoms with van der Waals surface area (Å²) in [7, 11) is 3.14. The number of carbonyl (C=O) groups is 2. The summed E-state index contributed by atoms with van der Waals surface area (Å²) in [4.78, 5) is 29.2. The lowest BCUT2D eigenvalue weighted by atomic mass is 10.1. The number of likely N-dealkylation sites (tertiary alicyclic amines) is 1. The molecule has 2 aliphatic heterocycles. The van der Waals surface area contributed by atoms with Gasteiger partial charge in [0.25, 0.3) is 0 Å². The Morgan fingerprint density at radius 3 is 2.57 bits per heavy atom. The number of carbonyl (C=O) groups excluding carboxylic acids is 2. The minimum absolute atomic E-state index is 0.0415. The highest BCUT2D eigenvalue weighted by Gasteiger charge is 2.35. The summed E-state index contributed by atoms with van der Waals surface area (Å²) in [5, 5.41) is 3.05. The van der Waals surface area contributed by atoms with E-state index in [1.807, 2.05) is 6.07 Å². The van der Waals surface area contributed by atoms with Gasteiger partial charge in [-0.25, -0.2) is 0 Å². The molecule has 1 N–H and O–H groups in total. The van der Waals surface area contributed by atoms with Gasteiger partial charge in [-0.15, -0.1) is 0 Å². The fourth-order valence-corrected chi connectivity index (χ4v) is 4.01. The molecule has 0 saturated carbocycles. The van der Waals surface area contributed by atoms with Gasteiger partial charge < -0.3 is 19.7 Å². The van der Waals surface area contributed by atoms with Crippen molar-refractivity contribution in [1.29, 1.82) is 0 Å². The number of nitrogens with one attached hydrogen (secondary N) is 1. The molecule has 2 amide bonds. The minimum Gasteiger partial charge on any atom is -0.493 e. The van der Waals surface area contributed by atoms with Crippen molar-refractivity contribution >= 4 is 17.5 Å². The van der Waals surface area contributed by atoms with Crippen LogP contribution >= 0.6 is 0 Å². The normalized spacial score (nSPS) is 21.5. The number of methoxy groups -OCH3 is 2. The molecule has 3 rings (SSSR count). The summed E-state index contributed by atoms with van der Waals surface area (Å²) in [6.45, 7) is 5.37. The molecule has 1 aromatic rings. The monoisotopic (exact) mass is 389 g/mol. The van der Waals surface area contributed by atoms with Crippen LogP contribution in [-0.4, -0.2) is 63.2 Å². The fourth-order valence-electron chi connectivity index (χ4n) is 4.01. The van der Waals surface area contributed by atoms with Crippen LogP contribution in [0.25, 0.3) is 0 Å². The summed E-state index contributed by atoms with van der Waals surface area (Å²) in [5.74, 6) is 0.765. The number of nitrogens with zero attached hydrogens (tertiary/aromatic N) is 2. The van der Waals surface area contributed by atoms with E-state index in [0.717, 1.165) is 18.8 Å². The van der Waals surface area contributed by atoms with Gasteiger partial charge >= 0.3 is 0 Å². The van der Waals surface area contributed by atoms with E-state index < -0.39 is 0 Å². The predicted molar refractivity (Wildman–Crippen MR) is 108 cm³/mol. The number of hydrogen-bond donors (Lipinski definition) is 1. The number of benzene rings is 1. The van der Waals surface area contributed by atoms with Crippen LogP contribution < -0.4 is 19.7 Å². The zero-order chi connectivity index (χ0) is 20.1. The number of ether oxygens (including phenoxy) is 2. The zero-order valence-electron chi connectivity index (χ0n) is 17.1. The number of hydrogen-bond acceptors (Lipinski definition) is 5. The van der Waals surface area contributed by atoms with Crippen molar-refractivity contribution < 1.29 is 19.1 Å². The molecule has 154 valence electrons. The Balaban J connectivity index is 1.57. The Morgan fingerprint density at radius 1 is 1.18 bits per heavy atom. The van der Waals surface area contributed by atoms with E-state index in [2.05, 4.69) is 17.1 Å². The molecule has 0 spiro atoms. The fraction of sp³-hybridized carbons (Fsp3) is 0.619. The maximum Gasteiger partial charge on any atom is 0.227 e. The van der Waals surface area contributed by atoms with Gasteiger partial charge in [-0.2, -0.15) is 0 Å². The quantitative estimate of drug-likeness (QED) is 0.773. The van der Waals surface area contributed by atoms with Crippen molar-refractivity contribution in [2.75, 3.05) is 45.3 Å². The molecular weight excluding hydrogens is 358 g/mol. The summed E-state index contributed by atoms with van der Waals surface area (Å²) in [6.07, 6.45) is 4.00. The Bertz CT molecular complexity index is 703. The van der Waals surface area contributed by atoms with Crippen LogP contribution in [0, 0.1) is 5.92 Å². The minimum atomic E-state index is -0.325. The lowest BCUT2D eigenvalue weighted by molar-refractivity contribution is -0.126. The van der Waals surface area contributed by atoms with E-state index in [0.29, 0.717) is 30.6 Å². The molecule has 2 fully saturated rings. The third-order valence-electron chi connectivity index (χ3n) is 5.76. The predicted octanol–water partition coefficient (Wildman–Crippen LogP) is 2.05. The Hall–Kier alpha value is -2.28. The van der Waals surface area contributed by atoms with E-state index in [-0.39, 0.29) is 24.2 Å². The van der Waals surface area contributed by atoms with Crippen LogP contribution in [0.3, 0.4) is 0 Å². The molecule has 0 aliphatic carbocycles. The molecule has 0 aromatic heterocycles. The lowest BCUT2D eigenvalue weighted by Crippen LogP contribution is -2.45. The molecule has 1 aromatic carbocycles. The van der Waals surface area contributed by atoms with Gasteiger partial charge in [0.15, 0.2) is 11.5 Å². The molecule has 28 heavy (non-hydrogen) atoms. The molecule has 2 aliphatic rings. The van der Waals surface area contributed by atoms with E-state index >= 15 is 0 Å². The van der Waals surface area contributed by atoms with E-state index in [4.69, 9.17) is 9.47 Å². The Labute approximate surface area is 167 Å². The largest absolute Gasteiger partial charge is 0.493 e. The molecule has 2 atom stereocenters. The highest BCUT2D eigenvalue weighted by Crippen LogP contribution is 2.34. The third-order valence-corrected chi connectivity index (χ3v) is 5.76. The summed E-state index contributed by atoms with van der Waals surface area (Å²) >= 11 is 0.